The molecule has 0 bridgehead atoms. The Morgan fingerprint density at radius 1 is 1.39 bits per heavy atom. The van der Waals surface area contributed by atoms with Crippen LogP contribution in [0, 0.1) is 5.92 Å². The number of hydrogen-bond acceptors (Lipinski definition) is 4. The molecule has 2 atom stereocenters. The van der Waals surface area contributed by atoms with E-state index >= 15 is 0 Å². The predicted molar refractivity (Wildman–Crippen MR) is 70.2 cm³/mol. The summed E-state index contributed by atoms with van der Waals surface area (Å²) in [6.45, 7) is 2.58. The Labute approximate surface area is 109 Å². The Morgan fingerprint density at radius 2 is 2.11 bits per heavy atom. The maximum absolute atomic E-state index is 11.9. The zero-order chi connectivity index (χ0) is 13.0. The van der Waals surface area contributed by atoms with Crippen LogP contribution in [0.2, 0.25) is 0 Å². The molecule has 2 unspecified atom stereocenters. The van der Waals surface area contributed by atoms with E-state index in [0.29, 0.717) is 25.8 Å². The van der Waals surface area contributed by atoms with E-state index < -0.39 is 0 Å². The van der Waals surface area contributed by atoms with Crippen molar-refractivity contribution in [3.63, 3.8) is 0 Å². The summed E-state index contributed by atoms with van der Waals surface area (Å²) < 4.78 is 5.20. The van der Waals surface area contributed by atoms with E-state index in [1.807, 2.05) is 0 Å². The Balaban J connectivity index is 1.63. The summed E-state index contributed by atoms with van der Waals surface area (Å²) >= 11 is 0. The molecule has 1 heterocycles. The number of carbonyl (C=O) groups excluding carboxylic acids is 1. The Hall–Kier alpha value is -0.650. The number of nitrogens with two attached hydrogens (primary N) is 1. The lowest BCUT2D eigenvalue weighted by molar-refractivity contribution is -0.125. The van der Waals surface area contributed by atoms with Gasteiger partial charge in [0.1, 0.15) is 0 Å². The van der Waals surface area contributed by atoms with Crippen LogP contribution in [0.15, 0.2) is 0 Å². The maximum atomic E-state index is 11.9. The van der Waals surface area contributed by atoms with Crippen molar-refractivity contribution >= 4 is 5.91 Å². The molecule has 1 saturated heterocycles. The number of hydrogen-bond donors (Lipinski definition) is 2. The zero-order valence-electron chi connectivity index (χ0n) is 11.2. The average molecular weight is 255 g/mol. The highest BCUT2D eigenvalue weighted by Crippen LogP contribution is 2.21. The first-order chi connectivity index (χ1) is 8.68. The van der Waals surface area contributed by atoms with Gasteiger partial charge in [-0.3, -0.25) is 4.79 Å². The first-order valence-corrected chi connectivity index (χ1v) is 7.00. The number of likely N-dealkylation sites (N-methyl/N-ethyl adjacent to an activating group) is 1. The van der Waals surface area contributed by atoms with Gasteiger partial charge < -0.3 is 20.7 Å². The Morgan fingerprint density at radius 3 is 2.72 bits per heavy atom. The monoisotopic (exact) mass is 255 g/mol. The Kier molecular flexibility index (Phi) is 4.97. The van der Waals surface area contributed by atoms with Gasteiger partial charge in [-0.1, -0.05) is 12.8 Å². The summed E-state index contributed by atoms with van der Waals surface area (Å²) in [5.74, 6) is -0.124. The molecule has 18 heavy (non-hydrogen) atoms. The van der Waals surface area contributed by atoms with Gasteiger partial charge in [0, 0.05) is 25.2 Å². The van der Waals surface area contributed by atoms with Gasteiger partial charge in [0.2, 0.25) is 5.91 Å². The van der Waals surface area contributed by atoms with E-state index in [1.54, 1.807) is 0 Å². The van der Waals surface area contributed by atoms with Crippen molar-refractivity contribution in [2.45, 2.75) is 37.8 Å². The number of nitrogens with one attached hydrogen (secondary N) is 1. The third-order valence-electron chi connectivity index (χ3n) is 4.17. The van der Waals surface area contributed by atoms with Crippen LogP contribution in [-0.4, -0.2) is 56.2 Å². The summed E-state index contributed by atoms with van der Waals surface area (Å²) in [5.41, 5.74) is 5.81. The molecule has 2 rings (SSSR count). The standard InChI is InChI=1S/C13H25N3O2/c1-16(10-4-2-3-5-10)7-6-15-13(17)11-8-18-9-12(11)14/h10-12H,2-9,14H2,1H3,(H,15,17). The molecule has 1 amide bonds. The van der Waals surface area contributed by atoms with Crippen LogP contribution in [-0.2, 0) is 9.53 Å². The average Bonchev–Trinajstić information content (AvgIpc) is 2.99. The summed E-state index contributed by atoms with van der Waals surface area (Å²) in [6.07, 6.45) is 5.28. The summed E-state index contributed by atoms with van der Waals surface area (Å²) in [6, 6.07) is 0.566. The van der Waals surface area contributed by atoms with Gasteiger partial charge in [0.25, 0.3) is 0 Å². The molecule has 0 aromatic heterocycles. The smallest absolute Gasteiger partial charge is 0.227 e. The van der Waals surface area contributed by atoms with E-state index in [9.17, 15) is 4.79 Å². The molecule has 1 aliphatic carbocycles. The Bertz CT molecular complexity index is 279. The minimum Gasteiger partial charge on any atom is -0.379 e. The highest BCUT2D eigenvalue weighted by Gasteiger charge is 2.31. The van der Waals surface area contributed by atoms with Gasteiger partial charge in [-0.25, -0.2) is 0 Å². The van der Waals surface area contributed by atoms with Gasteiger partial charge in [0.15, 0.2) is 0 Å². The molecule has 0 aromatic carbocycles. The fourth-order valence-corrected chi connectivity index (χ4v) is 2.86. The van der Waals surface area contributed by atoms with Crippen molar-refractivity contribution in [3.8, 4) is 0 Å². The molecular formula is C13H25N3O2. The lowest BCUT2D eigenvalue weighted by Crippen LogP contribution is -2.44. The number of ether oxygens (including phenoxy) is 1. The molecule has 1 aliphatic heterocycles. The minimum atomic E-state index is -0.165. The maximum Gasteiger partial charge on any atom is 0.227 e. The van der Waals surface area contributed by atoms with Crippen LogP contribution in [0.25, 0.3) is 0 Å². The summed E-state index contributed by atoms with van der Waals surface area (Å²) in [5, 5.41) is 2.97. The van der Waals surface area contributed by atoms with E-state index in [4.69, 9.17) is 10.5 Å². The second-order valence-corrected chi connectivity index (χ2v) is 5.52. The van der Waals surface area contributed by atoms with Crippen LogP contribution in [0.3, 0.4) is 0 Å². The SMILES string of the molecule is CN(CCNC(=O)C1COCC1N)C1CCCC1. The molecule has 2 aliphatic rings. The summed E-state index contributed by atoms with van der Waals surface area (Å²) in [4.78, 5) is 14.2. The van der Waals surface area contributed by atoms with Crippen molar-refractivity contribution < 1.29 is 9.53 Å². The third kappa shape index (κ3) is 3.43. The van der Waals surface area contributed by atoms with Gasteiger partial charge >= 0.3 is 0 Å². The number of carbonyl (C=O) groups is 1. The molecule has 5 heteroatoms. The van der Waals surface area contributed by atoms with E-state index in [2.05, 4.69) is 17.3 Å². The van der Waals surface area contributed by atoms with E-state index in [1.165, 1.54) is 25.7 Å². The molecule has 5 nitrogen and oxygen atoms in total. The lowest BCUT2D eigenvalue weighted by Gasteiger charge is -2.24. The van der Waals surface area contributed by atoms with E-state index in [0.717, 1.165) is 6.54 Å². The molecule has 3 N–H and O–H groups in total. The van der Waals surface area contributed by atoms with Crippen molar-refractivity contribution in [1.82, 2.24) is 10.2 Å². The van der Waals surface area contributed by atoms with E-state index in [-0.39, 0.29) is 17.9 Å². The number of rotatable bonds is 5. The largest absolute Gasteiger partial charge is 0.379 e. The second-order valence-electron chi connectivity index (χ2n) is 5.52. The van der Waals surface area contributed by atoms with Gasteiger partial charge in [0.05, 0.1) is 19.1 Å². The molecule has 0 aromatic rings. The van der Waals surface area contributed by atoms with Crippen LogP contribution in [0.1, 0.15) is 25.7 Å². The first kappa shape index (κ1) is 13.8. The van der Waals surface area contributed by atoms with Crippen molar-refractivity contribution in [1.29, 1.82) is 0 Å². The highest BCUT2D eigenvalue weighted by molar-refractivity contribution is 5.79. The van der Waals surface area contributed by atoms with Crippen molar-refractivity contribution in [2.24, 2.45) is 11.7 Å². The van der Waals surface area contributed by atoms with Crippen LogP contribution >= 0.6 is 0 Å². The van der Waals surface area contributed by atoms with Crippen molar-refractivity contribution in [3.05, 3.63) is 0 Å². The quantitative estimate of drug-likeness (QED) is 0.723. The van der Waals surface area contributed by atoms with Gasteiger partial charge in [-0.05, 0) is 19.9 Å². The topological polar surface area (TPSA) is 67.6 Å². The fraction of sp³-hybridized carbons (Fsp3) is 0.923. The molecule has 1 saturated carbocycles. The molecular weight excluding hydrogens is 230 g/mol. The second kappa shape index (κ2) is 6.50. The minimum absolute atomic E-state index is 0.0415. The fourth-order valence-electron chi connectivity index (χ4n) is 2.86. The van der Waals surface area contributed by atoms with Gasteiger partial charge in [-0.2, -0.15) is 0 Å². The lowest BCUT2D eigenvalue weighted by atomic mass is 10.0. The normalized spacial score (nSPS) is 29.1. The molecule has 0 spiro atoms. The number of amides is 1. The van der Waals surface area contributed by atoms with Gasteiger partial charge in [-0.15, -0.1) is 0 Å². The zero-order valence-corrected chi connectivity index (χ0v) is 11.2. The van der Waals surface area contributed by atoms with Crippen LogP contribution in [0.5, 0.6) is 0 Å². The van der Waals surface area contributed by atoms with Crippen LogP contribution in [0.4, 0.5) is 0 Å². The predicted octanol–water partition coefficient (Wildman–Crippen LogP) is -0.0493. The first-order valence-electron chi connectivity index (χ1n) is 7.00. The van der Waals surface area contributed by atoms with Crippen LogP contribution < -0.4 is 11.1 Å². The molecule has 2 fully saturated rings. The highest BCUT2D eigenvalue weighted by atomic mass is 16.5. The molecule has 104 valence electrons. The number of nitrogens with zero attached hydrogens (tertiary/aromatic N) is 1. The third-order valence-corrected chi connectivity index (χ3v) is 4.17. The molecule has 0 radical (unpaired) electrons. The summed E-state index contributed by atoms with van der Waals surface area (Å²) in [7, 11) is 2.15. The van der Waals surface area contributed by atoms with Crippen molar-refractivity contribution in [2.75, 3.05) is 33.4 Å².